The Morgan fingerprint density at radius 2 is 1.80 bits per heavy atom. The van der Waals surface area contributed by atoms with Crippen molar-refractivity contribution in [2.45, 2.75) is 39.0 Å². The molecule has 0 unspecified atom stereocenters. The molecule has 1 aliphatic heterocycles. The van der Waals surface area contributed by atoms with Crippen LogP contribution in [-0.2, 0) is 22.7 Å². The van der Waals surface area contributed by atoms with E-state index in [0.29, 0.717) is 31.5 Å². The van der Waals surface area contributed by atoms with Crippen molar-refractivity contribution < 1.29 is 19.1 Å². The first-order valence-corrected chi connectivity index (χ1v) is 11.7. The third-order valence-corrected chi connectivity index (χ3v) is 5.98. The average Bonchev–Trinajstić information content (AvgIpc) is 2.88. The van der Waals surface area contributed by atoms with Gasteiger partial charge in [0.1, 0.15) is 12.6 Å². The number of ether oxygens (including phenoxy) is 1. The number of rotatable bonds is 3. The number of hydrogen-bond acceptors (Lipinski definition) is 4. The molecular weight excluding hydrogens is 442 g/mol. The van der Waals surface area contributed by atoms with Gasteiger partial charge in [0.25, 0.3) is 5.91 Å². The van der Waals surface area contributed by atoms with Crippen molar-refractivity contribution in [3.63, 3.8) is 0 Å². The maximum absolute atomic E-state index is 13.0. The van der Waals surface area contributed by atoms with Gasteiger partial charge in [-0.3, -0.25) is 9.59 Å². The Hall–Kier alpha value is -4.13. The van der Waals surface area contributed by atoms with Crippen molar-refractivity contribution in [2.24, 2.45) is 0 Å². The van der Waals surface area contributed by atoms with E-state index in [4.69, 9.17) is 4.74 Å². The van der Waals surface area contributed by atoms with E-state index in [1.807, 2.05) is 79.7 Å². The van der Waals surface area contributed by atoms with Crippen LogP contribution in [0.5, 0.6) is 0 Å². The van der Waals surface area contributed by atoms with E-state index >= 15 is 0 Å². The normalized spacial score (nSPS) is 16.2. The Morgan fingerprint density at radius 3 is 2.63 bits per heavy atom. The largest absolute Gasteiger partial charge is 0.445 e. The molecule has 35 heavy (non-hydrogen) atoms. The molecule has 0 radical (unpaired) electrons. The molecule has 3 aromatic carbocycles. The summed E-state index contributed by atoms with van der Waals surface area (Å²) >= 11 is 0. The summed E-state index contributed by atoms with van der Waals surface area (Å²) in [6.07, 6.45) is 0.200. The second-order valence-electron chi connectivity index (χ2n) is 8.60. The number of carbonyl (C=O) groups excluding carboxylic acids is 3. The Balaban J connectivity index is 1.49. The molecular formula is C28H29N3O4. The van der Waals surface area contributed by atoms with Crippen LogP contribution in [0.3, 0.4) is 0 Å². The van der Waals surface area contributed by atoms with Gasteiger partial charge in [-0.1, -0.05) is 54.6 Å². The molecule has 0 saturated heterocycles. The molecule has 3 N–H and O–H groups in total. The Labute approximate surface area is 204 Å². The molecule has 3 amide bonds. The van der Waals surface area contributed by atoms with Gasteiger partial charge in [0.05, 0.1) is 0 Å². The van der Waals surface area contributed by atoms with E-state index in [2.05, 4.69) is 16.0 Å². The van der Waals surface area contributed by atoms with Crippen LogP contribution in [0.15, 0.2) is 72.8 Å². The molecule has 0 aromatic heterocycles. The van der Waals surface area contributed by atoms with Crippen molar-refractivity contribution >= 4 is 17.9 Å². The third-order valence-electron chi connectivity index (χ3n) is 5.98. The first-order chi connectivity index (χ1) is 17.0. The summed E-state index contributed by atoms with van der Waals surface area (Å²) in [6, 6.07) is 22.1. The molecule has 0 aliphatic carbocycles. The van der Waals surface area contributed by atoms with E-state index in [1.54, 1.807) is 0 Å². The van der Waals surface area contributed by atoms with Crippen molar-refractivity contribution in [3.8, 4) is 11.1 Å². The highest BCUT2D eigenvalue weighted by Gasteiger charge is 2.22. The fourth-order valence-electron chi connectivity index (χ4n) is 4.02. The van der Waals surface area contributed by atoms with Crippen LogP contribution in [0, 0.1) is 6.92 Å². The summed E-state index contributed by atoms with van der Waals surface area (Å²) in [5.41, 5.74) is 5.37. The van der Waals surface area contributed by atoms with Gasteiger partial charge >= 0.3 is 6.09 Å². The second-order valence-corrected chi connectivity index (χ2v) is 8.60. The lowest BCUT2D eigenvalue weighted by molar-refractivity contribution is -0.123. The van der Waals surface area contributed by atoms with Gasteiger partial charge < -0.3 is 20.7 Å². The summed E-state index contributed by atoms with van der Waals surface area (Å²) in [6.45, 7) is 2.81. The molecule has 0 saturated carbocycles. The van der Waals surface area contributed by atoms with Gasteiger partial charge in [-0.05, 0) is 65.8 Å². The summed E-state index contributed by atoms with van der Waals surface area (Å²) in [5.74, 6) is -0.474. The molecule has 1 heterocycles. The van der Waals surface area contributed by atoms with Gasteiger partial charge in [-0.15, -0.1) is 0 Å². The SMILES string of the molecule is Cc1ccc2cc1-c1cccc(c1)CNC(=O)[C@@H](NC(=O)OCc1ccccc1)CCCNC2=O. The fraction of sp³-hybridized carbons (Fsp3) is 0.250. The minimum Gasteiger partial charge on any atom is -0.445 e. The Kier molecular flexibility index (Phi) is 7.77. The van der Waals surface area contributed by atoms with Crippen molar-refractivity contribution in [2.75, 3.05) is 6.54 Å². The molecule has 3 aromatic rings. The zero-order valence-corrected chi connectivity index (χ0v) is 19.7. The van der Waals surface area contributed by atoms with E-state index in [0.717, 1.165) is 27.8 Å². The van der Waals surface area contributed by atoms with E-state index in [1.165, 1.54) is 0 Å². The van der Waals surface area contributed by atoms with Crippen LogP contribution in [0.25, 0.3) is 11.1 Å². The molecule has 4 bridgehead atoms. The van der Waals surface area contributed by atoms with Crippen LogP contribution in [0.2, 0.25) is 0 Å². The number of amides is 3. The predicted octanol–water partition coefficient (Wildman–Crippen LogP) is 4.10. The molecule has 4 rings (SSSR count). The Bertz CT molecular complexity index is 1210. The lowest BCUT2D eigenvalue weighted by Gasteiger charge is -2.18. The monoisotopic (exact) mass is 471 g/mol. The van der Waals surface area contributed by atoms with Crippen molar-refractivity contribution in [1.82, 2.24) is 16.0 Å². The molecule has 0 spiro atoms. The number of nitrogens with one attached hydrogen (secondary N) is 3. The second kappa shape index (κ2) is 11.3. The van der Waals surface area contributed by atoms with E-state index < -0.39 is 12.1 Å². The molecule has 7 heteroatoms. The van der Waals surface area contributed by atoms with Crippen LogP contribution < -0.4 is 16.0 Å². The minimum atomic E-state index is -0.785. The van der Waals surface area contributed by atoms with Crippen LogP contribution in [-0.4, -0.2) is 30.5 Å². The molecule has 7 nitrogen and oxygen atoms in total. The van der Waals surface area contributed by atoms with Crippen LogP contribution in [0.1, 0.15) is 39.9 Å². The number of benzene rings is 3. The molecule has 1 atom stereocenters. The van der Waals surface area contributed by atoms with Crippen molar-refractivity contribution in [1.29, 1.82) is 0 Å². The number of alkyl carbamates (subject to hydrolysis) is 1. The smallest absolute Gasteiger partial charge is 0.408 e. The van der Waals surface area contributed by atoms with E-state index in [9.17, 15) is 14.4 Å². The maximum atomic E-state index is 13.0. The van der Waals surface area contributed by atoms with Crippen LogP contribution in [0.4, 0.5) is 4.79 Å². The topological polar surface area (TPSA) is 96.5 Å². The third kappa shape index (κ3) is 6.47. The number of hydrogen-bond donors (Lipinski definition) is 3. The number of carbonyl (C=O) groups is 3. The zero-order valence-electron chi connectivity index (χ0n) is 19.7. The fourth-order valence-corrected chi connectivity index (χ4v) is 4.02. The maximum Gasteiger partial charge on any atom is 0.408 e. The van der Waals surface area contributed by atoms with Gasteiger partial charge in [0.2, 0.25) is 5.91 Å². The molecule has 1 aliphatic rings. The summed E-state index contributed by atoms with van der Waals surface area (Å²) in [7, 11) is 0. The van der Waals surface area contributed by atoms with Gasteiger partial charge in [0.15, 0.2) is 0 Å². The minimum absolute atomic E-state index is 0.113. The highest BCUT2D eigenvalue weighted by atomic mass is 16.5. The highest BCUT2D eigenvalue weighted by Crippen LogP contribution is 2.26. The standard InChI is InChI=1S/C28H29N3O4/c1-19-12-13-23-16-24(19)22-10-5-9-21(15-22)17-30-27(33)25(11-6-14-29-26(23)32)31-28(34)35-18-20-7-3-2-4-8-20/h2-5,7-10,12-13,15-16,25H,6,11,14,17-18H2,1H3,(H,29,32)(H,30,33)(H,31,34)/t25-/m0/s1. The van der Waals surface area contributed by atoms with Crippen molar-refractivity contribution in [3.05, 3.63) is 95.1 Å². The molecule has 180 valence electrons. The summed E-state index contributed by atoms with van der Waals surface area (Å²) < 4.78 is 5.29. The average molecular weight is 472 g/mol. The predicted molar refractivity (Wildman–Crippen MR) is 134 cm³/mol. The highest BCUT2D eigenvalue weighted by molar-refractivity contribution is 5.95. The molecule has 0 fully saturated rings. The lowest BCUT2D eigenvalue weighted by Crippen LogP contribution is -2.47. The van der Waals surface area contributed by atoms with Gasteiger partial charge in [-0.2, -0.15) is 0 Å². The van der Waals surface area contributed by atoms with Gasteiger partial charge in [-0.25, -0.2) is 4.79 Å². The lowest BCUT2D eigenvalue weighted by atomic mass is 9.96. The quantitative estimate of drug-likeness (QED) is 0.536. The summed E-state index contributed by atoms with van der Waals surface area (Å²) in [5, 5.41) is 8.51. The number of aryl methyl sites for hydroxylation is 1. The first-order valence-electron chi connectivity index (χ1n) is 11.7. The zero-order chi connectivity index (χ0) is 24.6. The number of fused-ring (bicyclic) bond motifs is 5. The first kappa shape index (κ1) is 24.0. The van der Waals surface area contributed by atoms with Gasteiger partial charge in [0, 0.05) is 18.7 Å². The summed E-state index contributed by atoms with van der Waals surface area (Å²) in [4.78, 5) is 38.1. The Morgan fingerprint density at radius 1 is 0.971 bits per heavy atom. The van der Waals surface area contributed by atoms with E-state index in [-0.39, 0.29) is 18.4 Å². The van der Waals surface area contributed by atoms with Crippen LogP contribution >= 0.6 is 0 Å².